The molecule has 0 fully saturated rings. The molecule has 0 spiro atoms. The predicted octanol–water partition coefficient (Wildman–Crippen LogP) is 14.1. The van der Waals surface area contributed by atoms with Crippen LogP contribution >= 0.6 is 11.3 Å². The lowest BCUT2D eigenvalue weighted by atomic mass is 9.99. The molecule has 0 unspecified atom stereocenters. The second-order valence-corrected chi connectivity index (χ2v) is 15.0. The summed E-state index contributed by atoms with van der Waals surface area (Å²) < 4.78 is 9.37. The highest BCUT2D eigenvalue weighted by Crippen LogP contribution is 2.43. The van der Waals surface area contributed by atoms with Gasteiger partial charge in [-0.2, -0.15) is 0 Å². The number of benzene rings is 8. The summed E-state index contributed by atoms with van der Waals surface area (Å²) in [6.07, 6.45) is 0. The average molecular weight is 734 g/mol. The third kappa shape index (κ3) is 5.48. The Balaban J connectivity index is 1.06. The summed E-state index contributed by atoms with van der Waals surface area (Å²) in [5.74, 6) is 1.79. The molecule has 262 valence electrons. The van der Waals surface area contributed by atoms with Crippen molar-refractivity contribution in [1.82, 2.24) is 15.0 Å². The van der Waals surface area contributed by atoms with Gasteiger partial charge in [-0.3, -0.25) is 0 Å². The number of nitrogens with zero attached hydrogens (tertiary/aromatic N) is 3. The molecule has 0 aliphatic heterocycles. The number of furan rings is 1. The molecule has 0 N–H and O–H groups in total. The lowest BCUT2D eigenvalue weighted by Gasteiger charge is -2.09. The van der Waals surface area contributed by atoms with Crippen molar-refractivity contribution in [3.05, 3.63) is 188 Å². The molecule has 4 nitrogen and oxygen atoms in total. The Morgan fingerprint density at radius 1 is 0.321 bits per heavy atom. The molecule has 0 saturated carbocycles. The first-order chi connectivity index (χ1) is 27.7. The van der Waals surface area contributed by atoms with Crippen molar-refractivity contribution in [1.29, 1.82) is 0 Å². The van der Waals surface area contributed by atoms with E-state index in [1.54, 1.807) is 0 Å². The maximum absolute atomic E-state index is 6.87. The van der Waals surface area contributed by atoms with Gasteiger partial charge in [-0.1, -0.05) is 164 Å². The monoisotopic (exact) mass is 733 g/mol. The Morgan fingerprint density at radius 2 is 0.804 bits per heavy atom. The van der Waals surface area contributed by atoms with E-state index in [1.807, 2.05) is 53.8 Å². The third-order valence-corrected chi connectivity index (χ3v) is 11.8. The van der Waals surface area contributed by atoms with E-state index in [1.165, 1.54) is 42.4 Å². The first-order valence-electron chi connectivity index (χ1n) is 18.7. The zero-order valence-corrected chi connectivity index (χ0v) is 30.9. The number of hydrogen-bond donors (Lipinski definition) is 0. The lowest BCUT2D eigenvalue weighted by molar-refractivity contribution is 0.670. The van der Waals surface area contributed by atoms with Crippen LogP contribution in [-0.2, 0) is 0 Å². The van der Waals surface area contributed by atoms with E-state index < -0.39 is 0 Å². The van der Waals surface area contributed by atoms with Crippen molar-refractivity contribution < 1.29 is 4.42 Å². The number of para-hydroxylation sites is 2. The Kier molecular flexibility index (Phi) is 7.64. The molecule has 11 aromatic rings. The SMILES string of the molecule is c1ccc(-c2ccc(-c3cccc4c3oc3c(-c5nc(-c6ccccc6)nc(-c6ccc7sc8c(-c9ccccc9)cccc8c7c6)n5)cccc34)cc2)cc1. The summed E-state index contributed by atoms with van der Waals surface area (Å²) in [7, 11) is 0. The molecule has 3 aromatic heterocycles. The molecule has 3 heterocycles. The highest BCUT2D eigenvalue weighted by Gasteiger charge is 2.20. The molecule has 56 heavy (non-hydrogen) atoms. The molecule has 11 rings (SSSR count). The van der Waals surface area contributed by atoms with Crippen LogP contribution in [0.5, 0.6) is 0 Å². The minimum absolute atomic E-state index is 0.564. The predicted molar refractivity (Wildman–Crippen MR) is 233 cm³/mol. The van der Waals surface area contributed by atoms with Crippen molar-refractivity contribution in [2.75, 3.05) is 0 Å². The molecule has 0 aliphatic carbocycles. The molecular weight excluding hydrogens is 703 g/mol. The number of fused-ring (bicyclic) bond motifs is 6. The van der Waals surface area contributed by atoms with Crippen LogP contribution in [0, 0.1) is 0 Å². The Labute approximate surface area is 327 Å². The van der Waals surface area contributed by atoms with Gasteiger partial charge in [0.25, 0.3) is 0 Å². The lowest BCUT2D eigenvalue weighted by Crippen LogP contribution is -2.00. The zero-order chi connectivity index (χ0) is 37.0. The van der Waals surface area contributed by atoms with Gasteiger partial charge >= 0.3 is 0 Å². The molecule has 8 aromatic carbocycles. The summed E-state index contributed by atoms with van der Waals surface area (Å²) in [4.78, 5) is 15.4. The van der Waals surface area contributed by atoms with Crippen molar-refractivity contribution in [3.8, 4) is 67.5 Å². The molecular formula is C51H31N3OS. The molecule has 0 bridgehead atoms. The molecule has 0 saturated heterocycles. The fourth-order valence-electron chi connectivity index (χ4n) is 7.82. The summed E-state index contributed by atoms with van der Waals surface area (Å²) in [5.41, 5.74) is 11.2. The van der Waals surface area contributed by atoms with Crippen LogP contribution in [0.1, 0.15) is 0 Å². The van der Waals surface area contributed by atoms with Crippen molar-refractivity contribution >= 4 is 53.4 Å². The Hall–Kier alpha value is -7.21. The van der Waals surface area contributed by atoms with Crippen LogP contribution in [0.4, 0.5) is 0 Å². The third-order valence-electron chi connectivity index (χ3n) is 10.6. The number of hydrogen-bond acceptors (Lipinski definition) is 5. The summed E-state index contributed by atoms with van der Waals surface area (Å²) >= 11 is 1.82. The van der Waals surface area contributed by atoms with Crippen LogP contribution in [0.2, 0.25) is 0 Å². The molecule has 0 aliphatic rings. The Morgan fingerprint density at radius 3 is 1.50 bits per heavy atom. The van der Waals surface area contributed by atoms with E-state index >= 15 is 0 Å². The smallest absolute Gasteiger partial charge is 0.167 e. The van der Waals surface area contributed by atoms with Crippen LogP contribution in [0.3, 0.4) is 0 Å². The number of aromatic nitrogens is 3. The van der Waals surface area contributed by atoms with Crippen LogP contribution in [0.25, 0.3) is 110 Å². The van der Waals surface area contributed by atoms with Gasteiger partial charge in [0.05, 0.1) is 5.56 Å². The summed E-state index contributed by atoms with van der Waals surface area (Å²) in [6, 6.07) is 65.6. The quantitative estimate of drug-likeness (QED) is 0.171. The maximum atomic E-state index is 6.87. The van der Waals surface area contributed by atoms with Gasteiger partial charge in [0, 0.05) is 47.6 Å². The van der Waals surface area contributed by atoms with Gasteiger partial charge < -0.3 is 4.42 Å². The summed E-state index contributed by atoms with van der Waals surface area (Å²) in [6.45, 7) is 0. The second-order valence-electron chi connectivity index (χ2n) is 13.9. The van der Waals surface area contributed by atoms with Gasteiger partial charge in [0.1, 0.15) is 11.2 Å². The van der Waals surface area contributed by atoms with Crippen molar-refractivity contribution in [2.24, 2.45) is 0 Å². The fraction of sp³-hybridized carbons (Fsp3) is 0. The largest absolute Gasteiger partial charge is 0.455 e. The van der Waals surface area contributed by atoms with Gasteiger partial charge in [0.15, 0.2) is 17.5 Å². The molecule has 0 radical (unpaired) electrons. The highest BCUT2D eigenvalue weighted by molar-refractivity contribution is 7.26. The van der Waals surface area contributed by atoms with Gasteiger partial charge in [-0.05, 0) is 52.1 Å². The standard InChI is InChI=1S/C51H31N3OS/c1-4-13-32(14-5-1)33-25-27-35(28-26-33)38-19-10-21-40-41-22-12-24-43(47(41)55-46(38)40)51-53-49(36-17-8-3-9-18-36)52-50(54-51)37-29-30-45-44(31-37)42-23-11-20-39(48(42)56-45)34-15-6-2-7-16-34/h1-31H. The van der Waals surface area contributed by atoms with E-state index in [0.717, 1.165) is 49.8 Å². The number of rotatable bonds is 6. The highest BCUT2D eigenvalue weighted by atomic mass is 32.1. The topological polar surface area (TPSA) is 51.8 Å². The van der Waals surface area contributed by atoms with Gasteiger partial charge in [-0.15, -0.1) is 11.3 Å². The van der Waals surface area contributed by atoms with Crippen molar-refractivity contribution in [2.45, 2.75) is 0 Å². The fourth-order valence-corrected chi connectivity index (χ4v) is 9.04. The average Bonchev–Trinajstić information content (AvgIpc) is 3.86. The second kappa shape index (κ2) is 13.3. The molecule has 0 atom stereocenters. The van der Waals surface area contributed by atoms with E-state index in [-0.39, 0.29) is 0 Å². The van der Waals surface area contributed by atoms with Crippen LogP contribution in [-0.4, -0.2) is 15.0 Å². The normalized spacial score (nSPS) is 11.6. The van der Waals surface area contributed by atoms with Crippen molar-refractivity contribution in [3.63, 3.8) is 0 Å². The maximum Gasteiger partial charge on any atom is 0.167 e. The van der Waals surface area contributed by atoms with E-state index in [0.29, 0.717) is 17.5 Å². The van der Waals surface area contributed by atoms with E-state index in [2.05, 4.69) is 146 Å². The van der Waals surface area contributed by atoms with Gasteiger partial charge in [-0.25, -0.2) is 15.0 Å². The van der Waals surface area contributed by atoms with E-state index in [9.17, 15) is 0 Å². The Bertz CT molecular complexity index is 3230. The number of thiophene rings is 1. The minimum atomic E-state index is 0.564. The van der Waals surface area contributed by atoms with Crippen LogP contribution < -0.4 is 0 Å². The first kappa shape index (κ1) is 32.2. The van der Waals surface area contributed by atoms with Gasteiger partial charge in [0.2, 0.25) is 0 Å². The summed E-state index contributed by atoms with van der Waals surface area (Å²) in [5, 5.41) is 4.48. The van der Waals surface area contributed by atoms with E-state index in [4.69, 9.17) is 19.4 Å². The molecule has 5 heteroatoms. The zero-order valence-electron chi connectivity index (χ0n) is 30.1. The van der Waals surface area contributed by atoms with Crippen LogP contribution in [0.15, 0.2) is 192 Å². The minimum Gasteiger partial charge on any atom is -0.455 e. The first-order valence-corrected chi connectivity index (χ1v) is 19.5. The molecule has 0 amide bonds.